The van der Waals surface area contributed by atoms with E-state index in [1.807, 2.05) is 47.4 Å². The van der Waals surface area contributed by atoms with Gasteiger partial charge in [-0.3, -0.25) is 4.79 Å². The summed E-state index contributed by atoms with van der Waals surface area (Å²) in [4.78, 5) is 14.4. The van der Waals surface area contributed by atoms with Crippen LogP contribution >= 0.6 is 0 Å². The Hall–Kier alpha value is -2.13. The van der Waals surface area contributed by atoms with E-state index >= 15 is 0 Å². The molecule has 1 amide bonds. The monoisotopic (exact) mass is 266 g/mol. The Labute approximate surface area is 119 Å². The standard InChI is InChI=1S/C17H18N2O/c18-11-13-4-3-5-14(10-13)12-19-9-8-15-6-1-2-7-16(15)17(19)20/h1-7,10H,8-9,11-12,18H2. The summed E-state index contributed by atoms with van der Waals surface area (Å²) in [5, 5.41) is 0. The lowest BCUT2D eigenvalue weighted by Crippen LogP contribution is -2.36. The summed E-state index contributed by atoms with van der Waals surface area (Å²) in [6.07, 6.45) is 0.929. The highest BCUT2D eigenvalue weighted by molar-refractivity contribution is 5.96. The molecule has 0 radical (unpaired) electrons. The summed E-state index contributed by atoms with van der Waals surface area (Å²) >= 11 is 0. The van der Waals surface area contributed by atoms with Gasteiger partial charge in [-0.1, -0.05) is 42.5 Å². The van der Waals surface area contributed by atoms with E-state index in [0.717, 1.165) is 35.2 Å². The molecule has 0 atom stereocenters. The minimum atomic E-state index is 0.130. The molecule has 0 spiro atoms. The van der Waals surface area contributed by atoms with Crippen LogP contribution in [0.2, 0.25) is 0 Å². The number of nitrogens with two attached hydrogens (primary N) is 1. The molecule has 0 saturated carbocycles. The van der Waals surface area contributed by atoms with Gasteiger partial charge in [0.1, 0.15) is 0 Å². The van der Waals surface area contributed by atoms with E-state index in [0.29, 0.717) is 13.1 Å². The molecule has 0 saturated heterocycles. The molecule has 1 aliphatic rings. The fraction of sp³-hybridized carbons (Fsp3) is 0.235. The Bertz CT molecular complexity index is 636. The quantitative estimate of drug-likeness (QED) is 0.927. The van der Waals surface area contributed by atoms with Gasteiger partial charge in [-0.2, -0.15) is 0 Å². The summed E-state index contributed by atoms with van der Waals surface area (Å²) in [6, 6.07) is 16.0. The molecule has 0 aliphatic carbocycles. The SMILES string of the molecule is NCc1cccc(CN2CCc3ccccc3C2=O)c1. The Morgan fingerprint density at radius 3 is 2.70 bits per heavy atom. The second kappa shape index (κ2) is 5.47. The molecule has 0 fully saturated rings. The number of hydrogen-bond acceptors (Lipinski definition) is 2. The summed E-state index contributed by atoms with van der Waals surface area (Å²) in [5.74, 6) is 0.130. The van der Waals surface area contributed by atoms with E-state index in [1.165, 1.54) is 0 Å². The Balaban J connectivity index is 1.81. The molecule has 2 aromatic carbocycles. The van der Waals surface area contributed by atoms with Gasteiger partial charge in [-0.15, -0.1) is 0 Å². The van der Waals surface area contributed by atoms with Gasteiger partial charge in [0.05, 0.1) is 0 Å². The zero-order valence-corrected chi connectivity index (χ0v) is 11.4. The lowest BCUT2D eigenvalue weighted by molar-refractivity contribution is 0.0727. The molecule has 2 aromatic rings. The van der Waals surface area contributed by atoms with Crippen molar-refractivity contribution >= 4 is 5.91 Å². The number of benzene rings is 2. The van der Waals surface area contributed by atoms with Crippen molar-refractivity contribution in [3.05, 3.63) is 70.8 Å². The highest BCUT2D eigenvalue weighted by Crippen LogP contribution is 2.20. The van der Waals surface area contributed by atoms with Gasteiger partial charge < -0.3 is 10.6 Å². The maximum Gasteiger partial charge on any atom is 0.254 e. The maximum absolute atomic E-state index is 12.5. The minimum absolute atomic E-state index is 0.130. The van der Waals surface area contributed by atoms with Crippen molar-refractivity contribution in [3.63, 3.8) is 0 Å². The molecule has 0 aromatic heterocycles. The molecule has 0 unspecified atom stereocenters. The van der Waals surface area contributed by atoms with Gasteiger partial charge in [-0.05, 0) is 29.2 Å². The van der Waals surface area contributed by atoms with Crippen LogP contribution in [0.15, 0.2) is 48.5 Å². The van der Waals surface area contributed by atoms with E-state index in [9.17, 15) is 4.79 Å². The van der Waals surface area contributed by atoms with Crippen molar-refractivity contribution < 1.29 is 4.79 Å². The molecule has 20 heavy (non-hydrogen) atoms. The van der Waals surface area contributed by atoms with Gasteiger partial charge in [0.2, 0.25) is 0 Å². The van der Waals surface area contributed by atoms with E-state index in [-0.39, 0.29) is 5.91 Å². The second-order valence-corrected chi connectivity index (χ2v) is 5.16. The third-order valence-electron chi connectivity index (χ3n) is 3.79. The average Bonchev–Trinajstić information content (AvgIpc) is 2.50. The predicted molar refractivity (Wildman–Crippen MR) is 79.2 cm³/mol. The van der Waals surface area contributed by atoms with E-state index < -0.39 is 0 Å². The van der Waals surface area contributed by atoms with Gasteiger partial charge in [0.25, 0.3) is 5.91 Å². The topological polar surface area (TPSA) is 46.3 Å². The van der Waals surface area contributed by atoms with Crippen molar-refractivity contribution in [3.8, 4) is 0 Å². The van der Waals surface area contributed by atoms with Crippen molar-refractivity contribution in [2.75, 3.05) is 6.54 Å². The zero-order chi connectivity index (χ0) is 13.9. The fourth-order valence-electron chi connectivity index (χ4n) is 2.70. The number of carbonyl (C=O) groups excluding carboxylic acids is 1. The lowest BCUT2D eigenvalue weighted by Gasteiger charge is -2.28. The van der Waals surface area contributed by atoms with Crippen molar-refractivity contribution in [2.24, 2.45) is 5.73 Å². The Morgan fingerprint density at radius 2 is 1.85 bits per heavy atom. The zero-order valence-electron chi connectivity index (χ0n) is 11.4. The van der Waals surface area contributed by atoms with Crippen LogP contribution in [-0.2, 0) is 19.5 Å². The molecule has 102 valence electrons. The molecule has 3 heteroatoms. The summed E-state index contributed by atoms with van der Waals surface area (Å²) in [6.45, 7) is 1.97. The highest BCUT2D eigenvalue weighted by Gasteiger charge is 2.23. The van der Waals surface area contributed by atoms with Gasteiger partial charge in [-0.25, -0.2) is 0 Å². The van der Waals surface area contributed by atoms with Gasteiger partial charge in [0.15, 0.2) is 0 Å². The number of amides is 1. The normalized spacial score (nSPS) is 14.2. The summed E-state index contributed by atoms with van der Waals surface area (Å²) in [7, 11) is 0. The average molecular weight is 266 g/mol. The van der Waals surface area contributed by atoms with E-state index in [4.69, 9.17) is 5.73 Å². The number of rotatable bonds is 3. The largest absolute Gasteiger partial charge is 0.334 e. The molecule has 3 nitrogen and oxygen atoms in total. The third kappa shape index (κ3) is 2.45. The van der Waals surface area contributed by atoms with Crippen molar-refractivity contribution in [1.29, 1.82) is 0 Å². The van der Waals surface area contributed by atoms with Crippen LogP contribution < -0.4 is 5.73 Å². The fourth-order valence-corrected chi connectivity index (χ4v) is 2.70. The van der Waals surface area contributed by atoms with E-state index in [1.54, 1.807) is 0 Å². The lowest BCUT2D eigenvalue weighted by atomic mass is 9.98. The third-order valence-corrected chi connectivity index (χ3v) is 3.79. The predicted octanol–water partition coefficient (Wildman–Crippen LogP) is 2.34. The molecule has 3 rings (SSSR count). The summed E-state index contributed by atoms with van der Waals surface area (Å²) in [5.41, 5.74) is 9.90. The van der Waals surface area contributed by atoms with Crippen LogP contribution in [0.25, 0.3) is 0 Å². The van der Waals surface area contributed by atoms with Crippen LogP contribution in [0, 0.1) is 0 Å². The van der Waals surface area contributed by atoms with Crippen LogP contribution in [0.4, 0.5) is 0 Å². The minimum Gasteiger partial charge on any atom is -0.334 e. The molecule has 2 N–H and O–H groups in total. The van der Waals surface area contributed by atoms with Crippen LogP contribution in [-0.4, -0.2) is 17.4 Å². The first-order chi connectivity index (χ1) is 9.78. The Morgan fingerprint density at radius 1 is 1.05 bits per heavy atom. The molecular weight excluding hydrogens is 248 g/mol. The maximum atomic E-state index is 12.5. The first-order valence-electron chi connectivity index (χ1n) is 6.93. The van der Waals surface area contributed by atoms with E-state index in [2.05, 4.69) is 6.07 Å². The molecular formula is C17H18N2O. The van der Waals surface area contributed by atoms with Crippen LogP contribution in [0.5, 0.6) is 0 Å². The first kappa shape index (κ1) is 12.9. The molecule has 1 aliphatic heterocycles. The highest BCUT2D eigenvalue weighted by atomic mass is 16.2. The number of carbonyl (C=O) groups is 1. The van der Waals surface area contributed by atoms with Gasteiger partial charge >= 0.3 is 0 Å². The molecule has 0 bridgehead atoms. The summed E-state index contributed by atoms with van der Waals surface area (Å²) < 4.78 is 0. The number of nitrogens with zero attached hydrogens (tertiary/aromatic N) is 1. The number of hydrogen-bond donors (Lipinski definition) is 1. The van der Waals surface area contributed by atoms with Gasteiger partial charge in [0, 0.05) is 25.2 Å². The molecule has 1 heterocycles. The van der Waals surface area contributed by atoms with Crippen LogP contribution in [0.3, 0.4) is 0 Å². The Kier molecular flexibility index (Phi) is 3.52. The smallest absolute Gasteiger partial charge is 0.254 e. The number of fused-ring (bicyclic) bond motifs is 1. The second-order valence-electron chi connectivity index (χ2n) is 5.16. The van der Waals surface area contributed by atoms with Crippen molar-refractivity contribution in [2.45, 2.75) is 19.5 Å². The first-order valence-corrected chi connectivity index (χ1v) is 6.93. The van der Waals surface area contributed by atoms with Crippen molar-refractivity contribution in [1.82, 2.24) is 4.90 Å². The van der Waals surface area contributed by atoms with Crippen LogP contribution in [0.1, 0.15) is 27.0 Å².